The average molecular weight is 481 g/mol. The smallest absolute Gasteiger partial charge is 0.227 e. The summed E-state index contributed by atoms with van der Waals surface area (Å²) in [5, 5.41) is -0.463. The van der Waals surface area contributed by atoms with Gasteiger partial charge in [0.15, 0.2) is 9.84 Å². The second-order valence-electron chi connectivity index (χ2n) is 8.95. The van der Waals surface area contributed by atoms with Gasteiger partial charge in [0.05, 0.1) is 16.6 Å². The number of sulfone groups is 1. The van der Waals surface area contributed by atoms with Crippen LogP contribution < -0.4 is 0 Å². The Balaban J connectivity index is 1.26. The molecule has 0 bridgehead atoms. The molecule has 2 aromatic carbocycles. The van der Waals surface area contributed by atoms with Gasteiger partial charge >= 0.3 is 0 Å². The quantitative estimate of drug-likeness (QED) is 0.495. The Morgan fingerprint density at radius 2 is 1.62 bits per heavy atom. The Morgan fingerprint density at radius 3 is 2.26 bits per heavy atom. The normalized spacial score (nSPS) is 15.1. The Labute approximate surface area is 201 Å². The number of aromatic nitrogens is 2. The van der Waals surface area contributed by atoms with Gasteiger partial charge in [-0.1, -0.05) is 42.5 Å². The van der Waals surface area contributed by atoms with Gasteiger partial charge in [-0.15, -0.1) is 0 Å². The number of benzene rings is 2. The summed E-state index contributed by atoms with van der Waals surface area (Å²) in [7, 11) is -3.30. The molecule has 1 amide bonds. The van der Waals surface area contributed by atoms with Gasteiger partial charge in [0.25, 0.3) is 0 Å². The van der Waals surface area contributed by atoms with Crippen LogP contribution in [0.4, 0.5) is 0 Å². The molecule has 1 fully saturated rings. The summed E-state index contributed by atoms with van der Waals surface area (Å²) >= 11 is 0. The van der Waals surface area contributed by atoms with Gasteiger partial charge in [-0.05, 0) is 31.5 Å². The Hall–Kier alpha value is -2.97. The zero-order valence-corrected chi connectivity index (χ0v) is 20.6. The number of carbonyl (C=O) groups excluding carboxylic acids is 1. The summed E-state index contributed by atoms with van der Waals surface area (Å²) in [6.07, 6.45) is 4.14. The third-order valence-corrected chi connectivity index (χ3v) is 8.53. The first-order valence-electron chi connectivity index (χ1n) is 11.7. The molecule has 0 radical (unpaired) electrons. The van der Waals surface area contributed by atoms with Crippen molar-refractivity contribution in [1.82, 2.24) is 19.4 Å². The van der Waals surface area contributed by atoms with Crippen LogP contribution in [0.2, 0.25) is 0 Å². The molecule has 1 aliphatic heterocycles. The highest BCUT2D eigenvalue weighted by molar-refractivity contribution is 7.92. The van der Waals surface area contributed by atoms with Gasteiger partial charge in [-0.3, -0.25) is 9.69 Å². The molecule has 1 aromatic heterocycles. The maximum Gasteiger partial charge on any atom is 0.227 e. The van der Waals surface area contributed by atoms with E-state index in [9.17, 15) is 13.2 Å². The van der Waals surface area contributed by atoms with Crippen molar-refractivity contribution in [3.05, 3.63) is 72.6 Å². The molecule has 0 atom stereocenters. The third-order valence-electron chi connectivity index (χ3n) is 6.36. The predicted molar refractivity (Wildman–Crippen MR) is 133 cm³/mol. The van der Waals surface area contributed by atoms with E-state index in [4.69, 9.17) is 0 Å². The SMILES string of the molecule is CC(C)S(=O)(=O)c1ccc(CC(=O)N2CCN(CCn3ccnc3-c3ccccc3)CC2)cc1. The van der Waals surface area contributed by atoms with Crippen molar-refractivity contribution in [2.75, 3.05) is 32.7 Å². The van der Waals surface area contributed by atoms with Gasteiger partial charge in [-0.2, -0.15) is 0 Å². The van der Waals surface area contributed by atoms with Crippen LogP contribution in [0, 0.1) is 0 Å². The van der Waals surface area contributed by atoms with Crippen LogP contribution in [0.15, 0.2) is 71.9 Å². The van der Waals surface area contributed by atoms with Crippen LogP contribution in [0.25, 0.3) is 11.4 Å². The first-order valence-corrected chi connectivity index (χ1v) is 13.3. The zero-order chi connectivity index (χ0) is 24.1. The van der Waals surface area contributed by atoms with E-state index in [0.717, 1.165) is 43.1 Å². The number of amides is 1. The molecule has 8 heteroatoms. The molecule has 0 unspecified atom stereocenters. The van der Waals surface area contributed by atoms with Crippen molar-refractivity contribution in [3.8, 4) is 11.4 Å². The zero-order valence-electron chi connectivity index (χ0n) is 19.8. The molecule has 180 valence electrons. The van der Waals surface area contributed by atoms with Crippen molar-refractivity contribution in [1.29, 1.82) is 0 Å². The van der Waals surface area contributed by atoms with Crippen molar-refractivity contribution in [3.63, 3.8) is 0 Å². The molecule has 2 heterocycles. The summed E-state index contributed by atoms with van der Waals surface area (Å²) in [4.78, 5) is 21.9. The first kappa shape index (κ1) is 24.2. The standard InChI is InChI=1S/C26H32N4O3S/c1-21(2)34(32,33)24-10-8-22(9-11-24)20-25(31)29-17-14-28(15-18-29)16-19-30-13-12-27-26(30)23-6-4-3-5-7-23/h3-13,21H,14-20H2,1-2H3. The van der Waals surface area contributed by atoms with Crippen molar-refractivity contribution >= 4 is 15.7 Å². The fraction of sp³-hybridized carbons (Fsp3) is 0.385. The van der Waals surface area contributed by atoms with Crippen LogP contribution in [-0.4, -0.2) is 71.6 Å². The summed E-state index contributed by atoms with van der Waals surface area (Å²) in [5.41, 5.74) is 1.95. The number of carbonyl (C=O) groups is 1. The Kier molecular flexibility index (Phi) is 7.48. The van der Waals surface area contributed by atoms with E-state index < -0.39 is 15.1 Å². The molecule has 7 nitrogen and oxygen atoms in total. The number of imidazole rings is 1. The van der Waals surface area contributed by atoms with Gasteiger partial charge < -0.3 is 9.47 Å². The van der Waals surface area contributed by atoms with E-state index in [1.54, 1.807) is 38.1 Å². The second kappa shape index (κ2) is 10.5. The van der Waals surface area contributed by atoms with Crippen LogP contribution in [0.5, 0.6) is 0 Å². The molecule has 0 spiro atoms. The fourth-order valence-electron chi connectivity index (χ4n) is 4.16. The summed E-state index contributed by atoms with van der Waals surface area (Å²) in [6, 6.07) is 16.9. The highest BCUT2D eigenvalue weighted by atomic mass is 32.2. The molecule has 0 saturated carbocycles. The minimum atomic E-state index is -3.30. The first-order chi connectivity index (χ1) is 16.3. The molecular weight excluding hydrogens is 448 g/mol. The second-order valence-corrected chi connectivity index (χ2v) is 11.5. The molecule has 1 saturated heterocycles. The van der Waals surface area contributed by atoms with Gasteiger partial charge in [-0.25, -0.2) is 13.4 Å². The lowest BCUT2D eigenvalue weighted by molar-refractivity contribution is -0.132. The Bertz CT molecular complexity index is 1200. The highest BCUT2D eigenvalue weighted by Gasteiger charge is 2.22. The third kappa shape index (κ3) is 5.56. The van der Waals surface area contributed by atoms with Crippen LogP contribution in [0.3, 0.4) is 0 Å². The number of hydrogen-bond acceptors (Lipinski definition) is 5. The highest BCUT2D eigenvalue weighted by Crippen LogP contribution is 2.18. The van der Waals surface area contributed by atoms with Crippen LogP contribution in [0.1, 0.15) is 19.4 Å². The number of hydrogen-bond donors (Lipinski definition) is 0. The van der Waals surface area contributed by atoms with Crippen molar-refractivity contribution < 1.29 is 13.2 Å². The molecule has 3 aromatic rings. The van der Waals surface area contributed by atoms with Gasteiger partial charge in [0.1, 0.15) is 5.82 Å². The topological polar surface area (TPSA) is 75.5 Å². The lowest BCUT2D eigenvalue weighted by Crippen LogP contribution is -2.49. The summed E-state index contributed by atoms with van der Waals surface area (Å²) < 4.78 is 26.7. The van der Waals surface area contributed by atoms with Crippen molar-refractivity contribution in [2.24, 2.45) is 0 Å². The van der Waals surface area contributed by atoms with E-state index in [1.165, 1.54) is 0 Å². The van der Waals surface area contributed by atoms with Gasteiger partial charge in [0.2, 0.25) is 5.91 Å². The van der Waals surface area contributed by atoms with E-state index in [0.29, 0.717) is 18.0 Å². The van der Waals surface area contributed by atoms with E-state index in [1.807, 2.05) is 35.5 Å². The monoisotopic (exact) mass is 480 g/mol. The van der Waals surface area contributed by atoms with E-state index in [-0.39, 0.29) is 12.3 Å². The molecule has 0 N–H and O–H groups in total. The van der Waals surface area contributed by atoms with Crippen molar-refractivity contribution in [2.45, 2.75) is 37.0 Å². The number of piperazine rings is 1. The minimum absolute atomic E-state index is 0.0834. The maximum absolute atomic E-state index is 12.8. The minimum Gasteiger partial charge on any atom is -0.340 e. The Morgan fingerprint density at radius 1 is 0.941 bits per heavy atom. The molecule has 1 aliphatic rings. The maximum atomic E-state index is 12.8. The van der Waals surface area contributed by atoms with E-state index in [2.05, 4.69) is 26.6 Å². The lowest BCUT2D eigenvalue weighted by Gasteiger charge is -2.35. The number of nitrogens with zero attached hydrogens (tertiary/aromatic N) is 4. The average Bonchev–Trinajstić information content (AvgIpc) is 3.32. The number of rotatable bonds is 8. The lowest BCUT2D eigenvalue weighted by atomic mass is 10.1. The van der Waals surface area contributed by atoms with Crippen LogP contribution in [-0.2, 0) is 27.6 Å². The van der Waals surface area contributed by atoms with Gasteiger partial charge in [0, 0.05) is 57.2 Å². The summed E-state index contributed by atoms with van der Waals surface area (Å²) in [6.45, 7) is 8.18. The molecule has 34 heavy (non-hydrogen) atoms. The fourth-order valence-corrected chi connectivity index (χ4v) is 5.22. The van der Waals surface area contributed by atoms with Crippen LogP contribution >= 0.6 is 0 Å². The molecular formula is C26H32N4O3S. The largest absolute Gasteiger partial charge is 0.340 e. The molecule has 4 rings (SSSR count). The molecule has 0 aliphatic carbocycles. The van der Waals surface area contributed by atoms with E-state index >= 15 is 0 Å². The predicted octanol–water partition coefficient (Wildman–Crippen LogP) is 3.12. The summed E-state index contributed by atoms with van der Waals surface area (Å²) in [5.74, 6) is 1.06.